The first-order chi connectivity index (χ1) is 18.3. The van der Waals surface area contributed by atoms with Crippen molar-refractivity contribution >= 4 is 34.0 Å². The highest BCUT2D eigenvalue weighted by molar-refractivity contribution is 7.97. The Labute approximate surface area is 240 Å². The second-order valence-corrected chi connectivity index (χ2v) is 12.4. The molecule has 2 N–H and O–H groups in total. The molecule has 0 radical (unpaired) electrons. The van der Waals surface area contributed by atoms with Crippen molar-refractivity contribution in [2.75, 3.05) is 31.0 Å². The van der Waals surface area contributed by atoms with Crippen LogP contribution < -0.4 is 10.8 Å². The van der Waals surface area contributed by atoms with Crippen LogP contribution in [0.15, 0.2) is 48.3 Å². The molecule has 2 aromatic heterocycles. The minimum Gasteiger partial charge on any atom is -0.360 e. The van der Waals surface area contributed by atoms with Crippen molar-refractivity contribution in [2.24, 2.45) is 11.3 Å². The number of aromatic nitrogens is 1. The van der Waals surface area contributed by atoms with E-state index >= 15 is 0 Å². The molecule has 208 valence electrons. The lowest BCUT2D eigenvalue weighted by molar-refractivity contribution is 0.272. The Bertz CT molecular complexity index is 974. The Hall–Kier alpha value is -2.42. The number of anilines is 2. The van der Waals surface area contributed by atoms with E-state index in [1.54, 1.807) is 24.6 Å². The molecule has 1 saturated heterocycles. The summed E-state index contributed by atoms with van der Waals surface area (Å²) in [6.45, 7) is 14.7. The first-order valence-corrected chi connectivity index (χ1v) is 14.9. The summed E-state index contributed by atoms with van der Waals surface area (Å²) in [5.41, 5.74) is 3.75. The number of rotatable bonds is 6. The van der Waals surface area contributed by atoms with Crippen molar-refractivity contribution in [1.29, 1.82) is 0 Å². The molecular formula is C31H46N4OS2. The van der Waals surface area contributed by atoms with Gasteiger partial charge in [0.05, 0.1) is 17.7 Å². The SMILES string of the molecule is C#C.C=CNc1cc(C#CC(C)(C)C)sc1NOC.CC1CCCCC1.c1cncc(SN2CCCC2)c1. The molecule has 7 heteroatoms. The Balaban J connectivity index is 0.000000297. The van der Waals surface area contributed by atoms with Crippen LogP contribution in [0.5, 0.6) is 0 Å². The standard InChI is InChI=1S/C13H18N2OS.C9H12N2S.C7H14.C2H2/c1-6-14-11-9-10(7-8-13(2,3)4)17-12(11)15-16-5;1-2-7-11(6-1)12-9-4-3-5-10-8-9;1-7-5-3-2-4-6-7;1-2/h6,9,14-15H,1H2,2-5H3;3-5,8H,1-2,6-7H2;7H,2-6H2,1H3;1-2H. The quantitative estimate of drug-likeness (QED) is 0.212. The molecule has 4 rings (SSSR count). The topological polar surface area (TPSA) is 49.4 Å². The fraction of sp³-hybridized carbons (Fsp3) is 0.516. The second-order valence-electron chi connectivity index (χ2n) is 10.2. The highest BCUT2D eigenvalue weighted by atomic mass is 32.2. The summed E-state index contributed by atoms with van der Waals surface area (Å²) in [5, 5.41) is 3.94. The van der Waals surface area contributed by atoms with Crippen molar-refractivity contribution in [1.82, 2.24) is 9.29 Å². The number of nitrogens with one attached hydrogen (secondary N) is 2. The third-order valence-electron chi connectivity index (χ3n) is 5.57. The molecule has 0 unspecified atom stereocenters. The van der Waals surface area contributed by atoms with Crippen molar-refractivity contribution < 1.29 is 4.84 Å². The van der Waals surface area contributed by atoms with Crippen LogP contribution in [0.2, 0.25) is 0 Å². The maximum Gasteiger partial charge on any atom is 0.138 e. The molecule has 0 bridgehead atoms. The van der Waals surface area contributed by atoms with Gasteiger partial charge in [-0.05, 0) is 75.9 Å². The molecular weight excluding hydrogens is 509 g/mol. The Morgan fingerprint density at radius 1 is 1.18 bits per heavy atom. The maximum absolute atomic E-state index is 4.91. The van der Waals surface area contributed by atoms with E-state index in [0.29, 0.717) is 0 Å². The van der Waals surface area contributed by atoms with E-state index in [0.717, 1.165) is 21.5 Å². The zero-order valence-corrected chi connectivity index (χ0v) is 25.5. The lowest BCUT2D eigenvalue weighted by Crippen LogP contribution is -2.08. The molecule has 5 nitrogen and oxygen atoms in total. The predicted molar refractivity (Wildman–Crippen MR) is 168 cm³/mol. The minimum atomic E-state index is 0.00483. The van der Waals surface area contributed by atoms with Crippen molar-refractivity contribution in [2.45, 2.75) is 77.5 Å². The van der Waals surface area contributed by atoms with Gasteiger partial charge >= 0.3 is 0 Å². The van der Waals surface area contributed by atoms with E-state index in [2.05, 4.69) is 85.1 Å². The molecule has 2 aliphatic rings. The van der Waals surface area contributed by atoms with Gasteiger partial charge in [0.25, 0.3) is 0 Å². The number of hydrogen-bond donors (Lipinski definition) is 2. The summed E-state index contributed by atoms with van der Waals surface area (Å²) in [6, 6.07) is 6.07. The molecule has 1 aliphatic carbocycles. The highest BCUT2D eigenvalue weighted by Crippen LogP contribution is 2.32. The summed E-state index contributed by atoms with van der Waals surface area (Å²) in [6.07, 6.45) is 23.5. The number of pyridine rings is 1. The van der Waals surface area contributed by atoms with Crippen molar-refractivity contribution in [3.63, 3.8) is 0 Å². The van der Waals surface area contributed by atoms with Gasteiger partial charge in [0.15, 0.2) is 0 Å². The smallest absolute Gasteiger partial charge is 0.138 e. The molecule has 0 aromatic carbocycles. The fourth-order valence-corrected chi connectivity index (χ4v) is 5.56. The fourth-order valence-electron chi connectivity index (χ4n) is 3.72. The van der Waals surface area contributed by atoms with E-state index in [1.165, 1.54) is 62.9 Å². The molecule has 0 spiro atoms. The zero-order chi connectivity index (χ0) is 28.2. The molecule has 3 heterocycles. The van der Waals surface area contributed by atoms with Gasteiger partial charge in [-0.3, -0.25) is 15.3 Å². The first kappa shape index (κ1) is 33.6. The van der Waals surface area contributed by atoms with Gasteiger partial charge < -0.3 is 5.32 Å². The van der Waals surface area contributed by atoms with Gasteiger partial charge in [-0.2, -0.15) is 0 Å². The third kappa shape index (κ3) is 15.1. The molecule has 38 heavy (non-hydrogen) atoms. The highest BCUT2D eigenvalue weighted by Gasteiger charge is 2.12. The zero-order valence-electron chi connectivity index (χ0n) is 23.9. The number of nitrogens with zero attached hydrogens (tertiary/aromatic N) is 2. The number of thiophene rings is 1. The molecule has 1 aliphatic heterocycles. The van der Waals surface area contributed by atoms with Crippen LogP contribution >= 0.6 is 23.3 Å². The molecule has 2 fully saturated rings. The lowest BCUT2D eigenvalue weighted by atomic mass is 9.91. The van der Waals surface area contributed by atoms with Crippen LogP contribution in [-0.2, 0) is 4.84 Å². The average molecular weight is 555 g/mol. The summed E-state index contributed by atoms with van der Waals surface area (Å²) in [4.78, 5) is 11.2. The van der Waals surface area contributed by atoms with Gasteiger partial charge in [0.1, 0.15) is 5.00 Å². The molecule has 1 saturated carbocycles. The van der Waals surface area contributed by atoms with E-state index in [1.807, 2.05) is 36.5 Å². The van der Waals surface area contributed by atoms with E-state index < -0.39 is 0 Å². The Morgan fingerprint density at radius 3 is 2.37 bits per heavy atom. The maximum atomic E-state index is 4.91. The summed E-state index contributed by atoms with van der Waals surface area (Å²) < 4.78 is 2.40. The van der Waals surface area contributed by atoms with Gasteiger partial charge in [-0.1, -0.05) is 57.4 Å². The first-order valence-electron chi connectivity index (χ1n) is 13.3. The van der Waals surface area contributed by atoms with E-state index in [9.17, 15) is 0 Å². The van der Waals surface area contributed by atoms with Crippen LogP contribution in [0.4, 0.5) is 10.7 Å². The largest absolute Gasteiger partial charge is 0.360 e. The van der Waals surface area contributed by atoms with Crippen molar-refractivity contribution in [3.05, 3.63) is 48.2 Å². The summed E-state index contributed by atoms with van der Waals surface area (Å²) >= 11 is 3.37. The Kier molecular flexibility index (Phi) is 17.4. The minimum absolute atomic E-state index is 0.00483. The van der Waals surface area contributed by atoms with E-state index in [-0.39, 0.29) is 5.41 Å². The lowest BCUT2D eigenvalue weighted by Gasteiger charge is -2.15. The molecule has 0 amide bonds. The van der Waals surface area contributed by atoms with E-state index in [4.69, 9.17) is 4.84 Å². The third-order valence-corrected chi connectivity index (χ3v) is 7.60. The van der Waals surface area contributed by atoms with Gasteiger partial charge in [-0.15, -0.1) is 24.2 Å². The van der Waals surface area contributed by atoms with Crippen LogP contribution in [0, 0.1) is 36.0 Å². The monoisotopic (exact) mass is 554 g/mol. The van der Waals surface area contributed by atoms with Crippen LogP contribution in [0.1, 0.15) is 77.5 Å². The number of terminal acetylenes is 1. The summed E-state index contributed by atoms with van der Waals surface area (Å²) in [5.74, 6) is 7.40. The Morgan fingerprint density at radius 2 is 1.87 bits per heavy atom. The van der Waals surface area contributed by atoms with Gasteiger partial charge in [0.2, 0.25) is 0 Å². The average Bonchev–Trinajstić information content (AvgIpc) is 3.56. The van der Waals surface area contributed by atoms with Gasteiger partial charge in [0, 0.05) is 35.8 Å². The van der Waals surface area contributed by atoms with Crippen LogP contribution in [-0.4, -0.2) is 29.5 Å². The number of hydrogen-bond acceptors (Lipinski definition) is 7. The molecule has 0 atom stereocenters. The van der Waals surface area contributed by atoms with Crippen LogP contribution in [0.3, 0.4) is 0 Å². The summed E-state index contributed by atoms with van der Waals surface area (Å²) in [7, 11) is 1.58. The second kappa shape index (κ2) is 19.6. The molecule has 2 aromatic rings. The van der Waals surface area contributed by atoms with Crippen LogP contribution in [0.25, 0.3) is 0 Å². The van der Waals surface area contributed by atoms with Gasteiger partial charge in [-0.25, -0.2) is 4.31 Å². The normalized spacial score (nSPS) is 15.1. The van der Waals surface area contributed by atoms with Crippen molar-refractivity contribution in [3.8, 4) is 24.7 Å². The predicted octanol–water partition coefficient (Wildman–Crippen LogP) is 8.69.